The number of hydrogen-bond acceptors (Lipinski definition) is 3. The van der Waals surface area contributed by atoms with Gasteiger partial charge >= 0.3 is 6.03 Å². The van der Waals surface area contributed by atoms with Crippen LogP contribution in [0.2, 0.25) is 0 Å². The third-order valence-corrected chi connectivity index (χ3v) is 3.34. The van der Waals surface area contributed by atoms with E-state index in [2.05, 4.69) is 22.8 Å². The summed E-state index contributed by atoms with van der Waals surface area (Å²) in [6.07, 6.45) is 4.20. The van der Waals surface area contributed by atoms with Crippen LogP contribution in [0.25, 0.3) is 0 Å². The molecule has 2 rings (SSSR count). The van der Waals surface area contributed by atoms with E-state index in [0.717, 1.165) is 24.9 Å². The zero-order valence-corrected chi connectivity index (χ0v) is 11.7. The van der Waals surface area contributed by atoms with Crippen molar-refractivity contribution in [3.05, 3.63) is 29.3 Å². The topological polar surface area (TPSA) is 70.6 Å². The fourth-order valence-corrected chi connectivity index (χ4v) is 2.37. The number of benzene rings is 1. The van der Waals surface area contributed by atoms with E-state index >= 15 is 0 Å². The maximum atomic E-state index is 11.7. The van der Waals surface area contributed by atoms with E-state index in [0.29, 0.717) is 19.8 Å². The highest BCUT2D eigenvalue weighted by Gasteiger charge is 2.11. The number of urea groups is 1. The number of aryl methyl sites for hydroxylation is 2. The second-order valence-corrected chi connectivity index (χ2v) is 4.91. The van der Waals surface area contributed by atoms with E-state index in [1.165, 1.54) is 17.5 Å². The molecule has 0 radical (unpaired) electrons. The van der Waals surface area contributed by atoms with E-state index < -0.39 is 0 Å². The predicted molar refractivity (Wildman–Crippen MR) is 78.0 cm³/mol. The molecule has 0 aliphatic heterocycles. The number of rotatable bonds is 7. The van der Waals surface area contributed by atoms with Crippen molar-refractivity contribution in [3.8, 4) is 0 Å². The Morgan fingerprint density at radius 1 is 1.25 bits per heavy atom. The van der Waals surface area contributed by atoms with Crippen molar-refractivity contribution in [1.29, 1.82) is 0 Å². The number of amides is 2. The summed E-state index contributed by atoms with van der Waals surface area (Å²) in [5.41, 5.74) is 3.59. The van der Waals surface area contributed by atoms with Gasteiger partial charge in [-0.1, -0.05) is 6.07 Å². The van der Waals surface area contributed by atoms with E-state index in [1.807, 2.05) is 6.07 Å². The van der Waals surface area contributed by atoms with Gasteiger partial charge in [0.05, 0.1) is 13.2 Å². The number of aliphatic hydroxyl groups is 1. The van der Waals surface area contributed by atoms with Gasteiger partial charge < -0.3 is 20.5 Å². The van der Waals surface area contributed by atoms with Gasteiger partial charge in [-0.3, -0.25) is 0 Å². The molecular weight excluding hydrogens is 256 g/mol. The Morgan fingerprint density at radius 2 is 2.10 bits per heavy atom. The predicted octanol–water partition coefficient (Wildman–Crippen LogP) is 1.70. The number of aliphatic hydroxyl groups excluding tert-OH is 1. The molecule has 0 atom stereocenters. The van der Waals surface area contributed by atoms with E-state index in [1.54, 1.807) is 0 Å². The van der Waals surface area contributed by atoms with Gasteiger partial charge in [0, 0.05) is 18.8 Å². The lowest BCUT2D eigenvalue weighted by molar-refractivity contribution is 0.0910. The van der Waals surface area contributed by atoms with Crippen LogP contribution in [0.5, 0.6) is 0 Å². The first-order chi connectivity index (χ1) is 9.79. The first-order valence-electron chi connectivity index (χ1n) is 7.15. The smallest absolute Gasteiger partial charge is 0.319 e. The lowest BCUT2D eigenvalue weighted by Gasteiger charge is -2.09. The minimum atomic E-state index is -0.190. The fourth-order valence-electron chi connectivity index (χ4n) is 2.37. The summed E-state index contributed by atoms with van der Waals surface area (Å²) in [5.74, 6) is 0. The van der Waals surface area contributed by atoms with Crippen molar-refractivity contribution in [2.24, 2.45) is 0 Å². The van der Waals surface area contributed by atoms with E-state index in [4.69, 9.17) is 9.84 Å². The quantitative estimate of drug-likeness (QED) is 0.665. The maximum absolute atomic E-state index is 11.7. The molecule has 1 aromatic carbocycles. The van der Waals surface area contributed by atoms with Crippen molar-refractivity contribution >= 4 is 11.7 Å². The molecule has 20 heavy (non-hydrogen) atoms. The fraction of sp³-hybridized carbons (Fsp3) is 0.533. The summed E-state index contributed by atoms with van der Waals surface area (Å²) in [7, 11) is 0. The van der Waals surface area contributed by atoms with Crippen molar-refractivity contribution in [3.63, 3.8) is 0 Å². The van der Waals surface area contributed by atoms with Gasteiger partial charge in [0.25, 0.3) is 0 Å². The largest absolute Gasteiger partial charge is 0.394 e. The van der Waals surface area contributed by atoms with E-state index in [9.17, 15) is 4.79 Å². The van der Waals surface area contributed by atoms with Gasteiger partial charge in [0.2, 0.25) is 0 Å². The molecule has 3 N–H and O–H groups in total. The Kier molecular flexibility index (Phi) is 5.83. The van der Waals surface area contributed by atoms with Gasteiger partial charge in [-0.2, -0.15) is 0 Å². The number of carbonyl (C=O) groups excluding carboxylic acids is 1. The van der Waals surface area contributed by atoms with Crippen LogP contribution in [-0.4, -0.2) is 37.5 Å². The summed E-state index contributed by atoms with van der Waals surface area (Å²) in [4.78, 5) is 11.7. The Bertz CT molecular complexity index is 449. The molecular formula is C15H22N2O3. The minimum absolute atomic E-state index is 0.0340. The number of fused-ring (bicyclic) bond motifs is 1. The molecule has 2 amide bonds. The Balaban J connectivity index is 1.67. The summed E-state index contributed by atoms with van der Waals surface area (Å²) < 4.78 is 5.11. The normalized spacial score (nSPS) is 13.1. The summed E-state index contributed by atoms with van der Waals surface area (Å²) >= 11 is 0. The molecule has 0 fully saturated rings. The van der Waals surface area contributed by atoms with Crippen molar-refractivity contribution in [2.75, 3.05) is 31.7 Å². The molecule has 1 aromatic rings. The average Bonchev–Trinajstić information content (AvgIpc) is 2.90. The molecule has 110 valence electrons. The molecule has 0 spiro atoms. The van der Waals surface area contributed by atoms with Crippen LogP contribution in [0.15, 0.2) is 18.2 Å². The zero-order chi connectivity index (χ0) is 14.2. The van der Waals surface area contributed by atoms with Crippen LogP contribution in [0.4, 0.5) is 10.5 Å². The van der Waals surface area contributed by atoms with Crippen molar-refractivity contribution in [1.82, 2.24) is 5.32 Å². The second kappa shape index (κ2) is 7.87. The van der Waals surface area contributed by atoms with Crippen LogP contribution in [0.1, 0.15) is 24.0 Å². The first-order valence-corrected chi connectivity index (χ1v) is 7.15. The third kappa shape index (κ3) is 4.51. The zero-order valence-electron chi connectivity index (χ0n) is 11.7. The summed E-state index contributed by atoms with van der Waals surface area (Å²) in [6.45, 7) is 1.48. The first kappa shape index (κ1) is 14.8. The molecule has 1 aliphatic rings. The summed E-state index contributed by atoms with van der Waals surface area (Å²) in [6, 6.07) is 5.92. The maximum Gasteiger partial charge on any atom is 0.319 e. The Hall–Kier alpha value is -1.59. The molecule has 0 saturated carbocycles. The van der Waals surface area contributed by atoms with Gasteiger partial charge in [0.15, 0.2) is 0 Å². The minimum Gasteiger partial charge on any atom is -0.394 e. The van der Waals surface area contributed by atoms with E-state index in [-0.39, 0.29) is 12.6 Å². The van der Waals surface area contributed by atoms with Crippen molar-refractivity contribution in [2.45, 2.75) is 25.7 Å². The Labute approximate surface area is 119 Å². The van der Waals surface area contributed by atoms with Gasteiger partial charge in [-0.25, -0.2) is 4.79 Å². The van der Waals surface area contributed by atoms with Crippen LogP contribution in [-0.2, 0) is 17.6 Å². The standard InChI is InChI=1S/C15H22N2O3/c18-8-10-20-9-2-7-16-15(19)17-14-6-5-12-3-1-4-13(12)11-14/h5-6,11,18H,1-4,7-10H2,(H2,16,17,19). The molecule has 0 bridgehead atoms. The highest BCUT2D eigenvalue weighted by Crippen LogP contribution is 2.24. The van der Waals surface area contributed by atoms with Crippen LogP contribution < -0.4 is 10.6 Å². The number of hydrogen-bond donors (Lipinski definition) is 3. The monoisotopic (exact) mass is 278 g/mol. The number of ether oxygens (including phenoxy) is 1. The summed E-state index contributed by atoms with van der Waals surface area (Å²) in [5, 5.41) is 14.2. The average molecular weight is 278 g/mol. The SMILES string of the molecule is O=C(NCCCOCCO)Nc1ccc2c(c1)CCC2. The lowest BCUT2D eigenvalue weighted by atomic mass is 10.1. The Morgan fingerprint density at radius 3 is 2.95 bits per heavy atom. The second-order valence-electron chi connectivity index (χ2n) is 4.91. The highest BCUT2D eigenvalue weighted by atomic mass is 16.5. The van der Waals surface area contributed by atoms with Gasteiger partial charge in [-0.15, -0.1) is 0 Å². The van der Waals surface area contributed by atoms with Gasteiger partial charge in [0.1, 0.15) is 0 Å². The highest BCUT2D eigenvalue weighted by molar-refractivity contribution is 5.89. The molecule has 0 saturated heterocycles. The molecule has 1 aliphatic carbocycles. The molecule has 0 heterocycles. The lowest BCUT2D eigenvalue weighted by Crippen LogP contribution is -2.30. The van der Waals surface area contributed by atoms with Gasteiger partial charge in [-0.05, 0) is 48.9 Å². The number of nitrogens with one attached hydrogen (secondary N) is 2. The van der Waals surface area contributed by atoms with Crippen LogP contribution in [0, 0.1) is 0 Å². The van der Waals surface area contributed by atoms with Crippen molar-refractivity contribution < 1.29 is 14.6 Å². The number of carbonyl (C=O) groups is 1. The molecule has 5 heteroatoms. The molecule has 0 aromatic heterocycles. The third-order valence-electron chi connectivity index (χ3n) is 3.34. The number of anilines is 1. The van der Waals surface area contributed by atoms with Crippen LogP contribution >= 0.6 is 0 Å². The molecule has 5 nitrogen and oxygen atoms in total. The van der Waals surface area contributed by atoms with Crippen LogP contribution in [0.3, 0.4) is 0 Å². The molecule has 0 unspecified atom stereocenters.